The third-order valence-corrected chi connectivity index (χ3v) is 8.67. The van der Waals surface area contributed by atoms with Gasteiger partial charge in [-0.2, -0.15) is 0 Å². The monoisotopic (exact) mass is 682 g/mol. The van der Waals surface area contributed by atoms with E-state index < -0.39 is 12.0 Å². The Labute approximate surface area is 265 Å². The normalized spacial score (nSPS) is 14.7. The van der Waals surface area contributed by atoms with Crippen molar-refractivity contribution in [3.8, 4) is 17.2 Å². The van der Waals surface area contributed by atoms with Gasteiger partial charge in [-0.3, -0.25) is 9.36 Å². The molecule has 0 amide bonds. The summed E-state index contributed by atoms with van der Waals surface area (Å²) < 4.78 is 25.0. The van der Waals surface area contributed by atoms with Gasteiger partial charge >= 0.3 is 5.97 Å². The number of carbonyl (C=O) groups is 1. The van der Waals surface area contributed by atoms with Crippen LogP contribution in [0.3, 0.4) is 0 Å². The van der Waals surface area contributed by atoms with Crippen LogP contribution in [0, 0.1) is 0 Å². The van der Waals surface area contributed by atoms with Crippen LogP contribution in [0.2, 0.25) is 5.02 Å². The first kappa shape index (κ1) is 30.6. The molecule has 4 aromatic rings. The van der Waals surface area contributed by atoms with Gasteiger partial charge in [-0.05, 0) is 73.0 Å². The van der Waals surface area contributed by atoms with Gasteiger partial charge in [0.25, 0.3) is 5.56 Å². The average Bonchev–Trinajstić information content (AvgIpc) is 3.29. The molecule has 0 N–H and O–H groups in total. The molecule has 0 aliphatic carbocycles. The number of hydrogen-bond donors (Lipinski definition) is 0. The lowest BCUT2D eigenvalue weighted by atomic mass is 9.95. The first-order valence-corrected chi connectivity index (χ1v) is 15.3. The van der Waals surface area contributed by atoms with Crippen LogP contribution in [0.15, 0.2) is 86.2 Å². The van der Waals surface area contributed by atoms with E-state index in [1.807, 2.05) is 48.5 Å². The number of fused-ring (bicyclic) bond motifs is 1. The molecule has 0 bridgehead atoms. The summed E-state index contributed by atoms with van der Waals surface area (Å²) >= 11 is 11.0. The van der Waals surface area contributed by atoms with Gasteiger partial charge in [0.2, 0.25) is 0 Å². The van der Waals surface area contributed by atoms with E-state index in [1.165, 1.54) is 23.0 Å². The Morgan fingerprint density at radius 3 is 2.56 bits per heavy atom. The molecule has 0 radical (unpaired) electrons. The number of carbonyl (C=O) groups excluding carboxylic acids is 1. The summed E-state index contributed by atoms with van der Waals surface area (Å²) in [5.41, 5.74) is 2.79. The van der Waals surface area contributed by atoms with Gasteiger partial charge in [-0.15, -0.1) is 0 Å². The molecule has 0 saturated heterocycles. The van der Waals surface area contributed by atoms with Crippen LogP contribution in [0.4, 0.5) is 0 Å². The predicted molar refractivity (Wildman–Crippen MR) is 170 cm³/mol. The first-order chi connectivity index (χ1) is 20.7. The Morgan fingerprint density at radius 1 is 1.09 bits per heavy atom. The summed E-state index contributed by atoms with van der Waals surface area (Å²) in [7, 11) is 3.07. The third kappa shape index (κ3) is 6.41. The van der Waals surface area contributed by atoms with Crippen molar-refractivity contribution in [1.82, 2.24) is 4.57 Å². The van der Waals surface area contributed by atoms with Crippen molar-refractivity contribution in [2.75, 3.05) is 20.8 Å². The third-order valence-electron chi connectivity index (χ3n) is 6.76. The number of allylic oxidation sites excluding steroid dienone is 1. The second kappa shape index (κ2) is 13.2. The lowest BCUT2D eigenvalue weighted by Crippen LogP contribution is -2.40. The number of nitrogens with zero attached hydrogens (tertiary/aromatic N) is 2. The highest BCUT2D eigenvalue weighted by atomic mass is 79.9. The molecule has 0 unspecified atom stereocenters. The molecule has 1 atom stereocenters. The molecule has 0 fully saturated rings. The second-order valence-corrected chi connectivity index (χ2v) is 11.8. The summed E-state index contributed by atoms with van der Waals surface area (Å²) in [4.78, 5) is 32.4. The van der Waals surface area contributed by atoms with Crippen molar-refractivity contribution in [3.63, 3.8) is 0 Å². The zero-order valence-corrected chi connectivity index (χ0v) is 27.0. The molecule has 1 aromatic heterocycles. The maximum atomic E-state index is 14.0. The molecule has 2 heterocycles. The summed E-state index contributed by atoms with van der Waals surface area (Å²) in [6.07, 6.45) is 1.79. The van der Waals surface area contributed by atoms with Gasteiger partial charge in [-0.25, -0.2) is 9.79 Å². The van der Waals surface area contributed by atoms with E-state index in [9.17, 15) is 9.59 Å². The van der Waals surface area contributed by atoms with E-state index in [1.54, 1.807) is 39.2 Å². The van der Waals surface area contributed by atoms with Crippen molar-refractivity contribution in [2.45, 2.75) is 26.5 Å². The highest BCUT2D eigenvalue weighted by molar-refractivity contribution is 9.10. The molecule has 3 aromatic carbocycles. The zero-order valence-electron chi connectivity index (χ0n) is 23.9. The van der Waals surface area contributed by atoms with Gasteiger partial charge < -0.3 is 18.9 Å². The van der Waals surface area contributed by atoms with Crippen LogP contribution in [-0.4, -0.2) is 31.4 Å². The molecule has 5 rings (SSSR count). The molecule has 0 spiro atoms. The van der Waals surface area contributed by atoms with Crippen LogP contribution in [0.5, 0.6) is 17.2 Å². The highest BCUT2D eigenvalue weighted by Crippen LogP contribution is 2.40. The minimum Gasteiger partial charge on any atom is -0.493 e. The topological polar surface area (TPSA) is 88.4 Å². The minimum atomic E-state index is -0.820. The smallest absolute Gasteiger partial charge is 0.338 e. The molecular weight excluding hydrogens is 656 g/mol. The highest BCUT2D eigenvalue weighted by Gasteiger charge is 2.35. The van der Waals surface area contributed by atoms with Crippen LogP contribution in [-0.2, 0) is 16.1 Å². The largest absolute Gasteiger partial charge is 0.493 e. The maximum Gasteiger partial charge on any atom is 0.338 e. The van der Waals surface area contributed by atoms with E-state index >= 15 is 0 Å². The van der Waals surface area contributed by atoms with Crippen molar-refractivity contribution in [2.24, 2.45) is 4.99 Å². The molecular formula is C32H28BrClN2O6S. The number of aromatic nitrogens is 1. The number of hydrogen-bond acceptors (Lipinski definition) is 8. The number of rotatable bonds is 9. The predicted octanol–water partition coefficient (Wildman–Crippen LogP) is 5.81. The SMILES string of the molecule is CCOC(=O)C1=C(C)N=c2s/c(=C\c3cccc(OCc4cccc(Cl)c4)c3)c(=O)n2[C@H]1c1cc(OC)c(OC)cc1Br. The molecule has 1 aliphatic heterocycles. The van der Waals surface area contributed by atoms with E-state index in [2.05, 4.69) is 20.9 Å². The summed E-state index contributed by atoms with van der Waals surface area (Å²) in [5.74, 6) is 1.06. The number of ether oxygens (including phenoxy) is 4. The summed E-state index contributed by atoms with van der Waals surface area (Å²) in [5, 5.41) is 0.644. The quantitative estimate of drug-likeness (QED) is 0.207. The number of halogens is 2. The number of thiazole rings is 1. The van der Waals surface area contributed by atoms with Crippen LogP contribution in [0.25, 0.3) is 6.08 Å². The Hall–Kier alpha value is -3.86. The van der Waals surface area contributed by atoms with Crippen LogP contribution < -0.4 is 29.1 Å². The fourth-order valence-electron chi connectivity index (χ4n) is 4.80. The lowest BCUT2D eigenvalue weighted by Gasteiger charge is -2.26. The van der Waals surface area contributed by atoms with E-state index in [0.717, 1.165) is 11.1 Å². The van der Waals surface area contributed by atoms with Gasteiger partial charge in [-0.1, -0.05) is 63.1 Å². The number of esters is 1. The van der Waals surface area contributed by atoms with Crippen molar-refractivity contribution < 1.29 is 23.7 Å². The maximum absolute atomic E-state index is 14.0. The lowest BCUT2D eigenvalue weighted by molar-refractivity contribution is -0.139. The fourth-order valence-corrected chi connectivity index (χ4v) is 6.60. The van der Waals surface area contributed by atoms with Gasteiger partial charge in [0.1, 0.15) is 12.4 Å². The Morgan fingerprint density at radius 2 is 1.84 bits per heavy atom. The van der Waals surface area contributed by atoms with Gasteiger partial charge in [0.05, 0.1) is 42.7 Å². The fraction of sp³-hybridized carbons (Fsp3) is 0.219. The van der Waals surface area contributed by atoms with Crippen LogP contribution in [0.1, 0.15) is 36.6 Å². The van der Waals surface area contributed by atoms with Crippen molar-refractivity contribution >= 4 is 50.9 Å². The average molecular weight is 684 g/mol. The molecule has 8 nitrogen and oxygen atoms in total. The number of methoxy groups -OCH3 is 2. The Bertz CT molecular complexity index is 1920. The Balaban J connectivity index is 1.60. The summed E-state index contributed by atoms with van der Waals surface area (Å²) in [6.45, 7) is 4.00. The van der Waals surface area contributed by atoms with E-state index in [4.69, 9.17) is 30.5 Å². The van der Waals surface area contributed by atoms with E-state index in [0.29, 0.717) is 53.9 Å². The van der Waals surface area contributed by atoms with Crippen LogP contribution >= 0.6 is 38.9 Å². The standard InChI is InChI=1S/C32H28BrClN2O6S/c1-5-41-31(38)28-18(2)35-32-36(29(28)23-15-25(39-3)26(40-4)16-24(23)33)30(37)27(43-32)14-19-8-7-11-22(13-19)42-17-20-9-6-10-21(34)12-20/h6-16,29H,5,17H2,1-4H3/b27-14-/t29-/m0/s1. The number of benzene rings is 3. The minimum absolute atomic E-state index is 0.176. The molecule has 222 valence electrons. The molecule has 43 heavy (non-hydrogen) atoms. The second-order valence-electron chi connectivity index (χ2n) is 9.52. The Kier molecular flexibility index (Phi) is 9.39. The van der Waals surface area contributed by atoms with Gasteiger partial charge in [0, 0.05) is 9.50 Å². The van der Waals surface area contributed by atoms with Gasteiger partial charge in [0.15, 0.2) is 16.3 Å². The molecule has 1 aliphatic rings. The first-order valence-electron chi connectivity index (χ1n) is 13.3. The van der Waals surface area contributed by atoms with E-state index in [-0.39, 0.29) is 17.7 Å². The molecule has 0 saturated carbocycles. The van der Waals surface area contributed by atoms with Crippen molar-refractivity contribution in [1.29, 1.82) is 0 Å². The zero-order chi connectivity index (χ0) is 30.7. The van der Waals surface area contributed by atoms with Crippen molar-refractivity contribution in [3.05, 3.63) is 118 Å². The summed E-state index contributed by atoms with van der Waals surface area (Å²) in [6, 6.07) is 17.6. The molecule has 11 heteroatoms.